The topological polar surface area (TPSA) is 101 Å². The van der Waals surface area contributed by atoms with Gasteiger partial charge in [0.2, 0.25) is 11.8 Å². The third-order valence-corrected chi connectivity index (χ3v) is 7.70. The maximum Gasteiger partial charge on any atom is 0.242 e. The molecule has 2 atom stereocenters. The van der Waals surface area contributed by atoms with Gasteiger partial charge in [0.25, 0.3) is 0 Å². The molecule has 0 bridgehead atoms. The van der Waals surface area contributed by atoms with Gasteiger partial charge in [-0.3, -0.25) is 9.59 Å². The third-order valence-electron chi connectivity index (χ3n) is 7.70. The fraction of sp³-hybridized carbons (Fsp3) is 0.444. The van der Waals surface area contributed by atoms with Crippen LogP contribution in [0.4, 0.5) is 0 Å². The number of ether oxygens (including phenoxy) is 2. The van der Waals surface area contributed by atoms with Crippen molar-refractivity contribution in [3.05, 3.63) is 102 Å². The Hall–Kier alpha value is -3.72. The van der Waals surface area contributed by atoms with E-state index >= 15 is 0 Å². The van der Waals surface area contributed by atoms with Crippen LogP contribution < -0.4 is 26.0 Å². The first-order valence-corrected chi connectivity index (χ1v) is 15.9. The molecule has 1 fully saturated rings. The molecule has 8 heteroatoms. The lowest BCUT2D eigenvalue weighted by Crippen LogP contribution is -2.56. The van der Waals surface area contributed by atoms with Crippen LogP contribution in [-0.4, -0.2) is 56.2 Å². The van der Waals surface area contributed by atoms with E-state index in [0.29, 0.717) is 51.7 Å². The van der Waals surface area contributed by atoms with Gasteiger partial charge in [0.15, 0.2) is 0 Å². The number of amides is 2. The number of hydrogen-bond donors (Lipinski definition) is 4. The maximum atomic E-state index is 13.6. The Bertz CT molecular complexity index is 1250. The van der Waals surface area contributed by atoms with Crippen LogP contribution in [0.3, 0.4) is 0 Å². The summed E-state index contributed by atoms with van der Waals surface area (Å²) in [6.45, 7) is 7.90. The molecule has 3 aromatic carbocycles. The number of nitrogens with one attached hydrogen (secondary N) is 4. The van der Waals surface area contributed by atoms with Gasteiger partial charge in [-0.1, -0.05) is 86.6 Å². The summed E-state index contributed by atoms with van der Waals surface area (Å²) in [6.07, 6.45) is 2.81. The van der Waals surface area contributed by atoms with Gasteiger partial charge in [-0.25, -0.2) is 0 Å². The largest absolute Gasteiger partial charge is 0.489 e. The van der Waals surface area contributed by atoms with Gasteiger partial charge in [-0.15, -0.1) is 0 Å². The number of rotatable bonds is 17. The molecule has 1 aliphatic heterocycles. The number of hydrogen-bond acceptors (Lipinski definition) is 6. The molecule has 1 heterocycles. The van der Waals surface area contributed by atoms with Gasteiger partial charge < -0.3 is 30.7 Å². The highest BCUT2D eigenvalue weighted by Crippen LogP contribution is 2.16. The Morgan fingerprint density at radius 1 is 0.795 bits per heavy atom. The molecule has 0 aliphatic carbocycles. The zero-order chi connectivity index (χ0) is 31.0. The predicted molar refractivity (Wildman–Crippen MR) is 174 cm³/mol. The second kappa shape index (κ2) is 18.2. The zero-order valence-electron chi connectivity index (χ0n) is 26.1. The van der Waals surface area contributed by atoms with Crippen LogP contribution in [0.1, 0.15) is 49.8 Å². The van der Waals surface area contributed by atoms with Crippen molar-refractivity contribution >= 4 is 11.8 Å². The lowest BCUT2D eigenvalue weighted by atomic mass is 9.99. The van der Waals surface area contributed by atoms with E-state index in [1.807, 2.05) is 72.8 Å². The lowest BCUT2D eigenvalue weighted by molar-refractivity contribution is -0.130. The van der Waals surface area contributed by atoms with Crippen molar-refractivity contribution in [1.29, 1.82) is 0 Å². The number of carbonyl (C=O) groups excluding carboxylic acids is 2. The maximum absolute atomic E-state index is 13.6. The molecular formula is C36H48N4O4. The van der Waals surface area contributed by atoms with E-state index in [-0.39, 0.29) is 23.9 Å². The van der Waals surface area contributed by atoms with Crippen LogP contribution in [0.2, 0.25) is 0 Å². The van der Waals surface area contributed by atoms with E-state index < -0.39 is 6.04 Å². The Morgan fingerprint density at radius 2 is 1.45 bits per heavy atom. The second-order valence-corrected chi connectivity index (χ2v) is 11.9. The fourth-order valence-electron chi connectivity index (χ4n) is 5.28. The summed E-state index contributed by atoms with van der Waals surface area (Å²) in [5.74, 6) is 0.739. The van der Waals surface area contributed by atoms with Crippen LogP contribution in [0.5, 0.6) is 5.75 Å². The molecule has 0 spiro atoms. The van der Waals surface area contributed by atoms with E-state index in [4.69, 9.17) is 9.47 Å². The highest BCUT2D eigenvalue weighted by atomic mass is 16.5. The Balaban J connectivity index is 1.37. The average Bonchev–Trinajstić information content (AvgIpc) is 3.05. The minimum Gasteiger partial charge on any atom is -0.489 e. The molecule has 0 saturated carbocycles. The molecule has 3 aromatic rings. The molecule has 4 N–H and O–H groups in total. The normalized spacial score (nSPS) is 15.0. The molecule has 0 radical (unpaired) electrons. The van der Waals surface area contributed by atoms with Gasteiger partial charge in [0.05, 0.1) is 6.04 Å². The van der Waals surface area contributed by atoms with Gasteiger partial charge in [0.1, 0.15) is 18.4 Å². The van der Waals surface area contributed by atoms with Crippen LogP contribution in [0, 0.1) is 5.92 Å². The Labute approximate surface area is 262 Å². The van der Waals surface area contributed by atoms with E-state index in [0.717, 1.165) is 36.3 Å². The van der Waals surface area contributed by atoms with E-state index in [1.165, 1.54) is 5.56 Å². The van der Waals surface area contributed by atoms with Gasteiger partial charge in [-0.2, -0.15) is 0 Å². The summed E-state index contributed by atoms with van der Waals surface area (Å²) in [6, 6.07) is 27.1. The number of carbonyl (C=O) groups is 2. The average molecular weight is 601 g/mol. The SMILES string of the molecule is CC(C)C[C@H](NC1CCOCC1)C(=O)N[C@@H](Cc1ccc(OCc2ccccc2)cc1)C(=O)NCCNCc1ccccc1. The van der Waals surface area contributed by atoms with Crippen molar-refractivity contribution < 1.29 is 19.1 Å². The highest BCUT2D eigenvalue weighted by Gasteiger charge is 2.28. The molecule has 0 aromatic heterocycles. The van der Waals surface area contributed by atoms with Crippen LogP contribution in [0.25, 0.3) is 0 Å². The van der Waals surface area contributed by atoms with Crippen molar-refractivity contribution in [3.63, 3.8) is 0 Å². The molecule has 4 rings (SSSR count). The highest BCUT2D eigenvalue weighted by molar-refractivity contribution is 5.90. The van der Waals surface area contributed by atoms with Crippen molar-refractivity contribution in [3.8, 4) is 5.75 Å². The predicted octanol–water partition coefficient (Wildman–Crippen LogP) is 4.38. The molecule has 2 amide bonds. The summed E-state index contributed by atoms with van der Waals surface area (Å²) < 4.78 is 11.4. The molecule has 1 saturated heterocycles. The summed E-state index contributed by atoms with van der Waals surface area (Å²) in [5.41, 5.74) is 3.23. The van der Waals surface area contributed by atoms with Crippen LogP contribution in [-0.2, 0) is 33.9 Å². The number of benzene rings is 3. The van der Waals surface area contributed by atoms with E-state index in [2.05, 4.69) is 47.2 Å². The molecule has 236 valence electrons. The van der Waals surface area contributed by atoms with Crippen LogP contribution >= 0.6 is 0 Å². The smallest absolute Gasteiger partial charge is 0.242 e. The minimum absolute atomic E-state index is 0.143. The quantitative estimate of drug-likeness (QED) is 0.172. The molecule has 0 unspecified atom stereocenters. The molecular weight excluding hydrogens is 552 g/mol. The van der Waals surface area contributed by atoms with Crippen molar-refractivity contribution in [2.24, 2.45) is 5.92 Å². The summed E-state index contributed by atoms with van der Waals surface area (Å²) >= 11 is 0. The lowest BCUT2D eigenvalue weighted by Gasteiger charge is -2.30. The third kappa shape index (κ3) is 11.8. The standard InChI is InChI=1S/C36H48N4O4/c1-27(2)23-33(39-31-17-21-43-22-18-31)36(42)40-34(35(41)38-20-19-37-25-29-9-5-3-6-10-29)24-28-13-15-32(16-14-28)44-26-30-11-7-4-8-12-30/h3-16,27,31,33-34,37,39H,17-26H2,1-2H3,(H,38,41)(H,40,42)/t33-,34-/m0/s1. The van der Waals surface area contributed by atoms with Crippen molar-refractivity contribution in [2.75, 3.05) is 26.3 Å². The monoisotopic (exact) mass is 600 g/mol. The van der Waals surface area contributed by atoms with Crippen molar-refractivity contribution in [1.82, 2.24) is 21.3 Å². The van der Waals surface area contributed by atoms with Gasteiger partial charge >= 0.3 is 0 Å². The zero-order valence-corrected chi connectivity index (χ0v) is 26.1. The first kappa shape index (κ1) is 33.2. The first-order valence-electron chi connectivity index (χ1n) is 15.9. The van der Waals surface area contributed by atoms with Gasteiger partial charge in [0, 0.05) is 45.3 Å². The first-order chi connectivity index (χ1) is 21.5. The Kier molecular flexibility index (Phi) is 13.7. The Morgan fingerprint density at radius 3 is 2.11 bits per heavy atom. The van der Waals surface area contributed by atoms with Gasteiger partial charge in [-0.05, 0) is 54.0 Å². The summed E-state index contributed by atoms with van der Waals surface area (Å²) in [4.78, 5) is 27.1. The molecule has 1 aliphatic rings. The minimum atomic E-state index is -0.709. The van der Waals surface area contributed by atoms with Crippen molar-refractivity contribution in [2.45, 2.75) is 70.8 Å². The molecule has 44 heavy (non-hydrogen) atoms. The summed E-state index contributed by atoms with van der Waals surface area (Å²) in [5, 5.41) is 13.0. The van der Waals surface area contributed by atoms with E-state index in [1.54, 1.807) is 0 Å². The summed E-state index contributed by atoms with van der Waals surface area (Å²) in [7, 11) is 0. The second-order valence-electron chi connectivity index (χ2n) is 11.9. The van der Waals surface area contributed by atoms with E-state index in [9.17, 15) is 9.59 Å². The molecule has 8 nitrogen and oxygen atoms in total. The fourth-order valence-corrected chi connectivity index (χ4v) is 5.28. The van der Waals surface area contributed by atoms with Crippen LogP contribution in [0.15, 0.2) is 84.9 Å².